The third-order valence-corrected chi connectivity index (χ3v) is 1.93. The van der Waals surface area contributed by atoms with E-state index in [4.69, 9.17) is 0 Å². The largest absolute Gasteiger partial charge is 0.385 e. The summed E-state index contributed by atoms with van der Waals surface area (Å²) in [5, 5.41) is 22.8. The third-order valence-electron chi connectivity index (χ3n) is 1.93. The number of aliphatic hydroxyl groups excluding tert-OH is 1. The second-order valence-corrected chi connectivity index (χ2v) is 2.98. The van der Waals surface area contributed by atoms with Crippen LogP contribution in [0.15, 0.2) is 30.3 Å². The fraction of sp³-hybridized carbons (Fsp3) is 0.222. The van der Waals surface area contributed by atoms with Crippen LogP contribution in [-0.4, -0.2) is 25.7 Å². The van der Waals surface area contributed by atoms with E-state index in [9.17, 15) is 5.11 Å². The maximum absolute atomic E-state index is 9.68. The van der Waals surface area contributed by atoms with Gasteiger partial charge in [-0.3, -0.25) is 0 Å². The summed E-state index contributed by atoms with van der Waals surface area (Å²) in [5.74, 6) is 0.328. The molecule has 0 saturated carbocycles. The minimum atomic E-state index is -0.698. The zero-order chi connectivity index (χ0) is 9.80. The molecule has 14 heavy (non-hydrogen) atoms. The van der Waals surface area contributed by atoms with E-state index in [0.717, 1.165) is 5.56 Å². The van der Waals surface area contributed by atoms with Crippen LogP contribution in [0.2, 0.25) is 0 Å². The first-order valence-corrected chi connectivity index (χ1v) is 4.31. The van der Waals surface area contributed by atoms with Crippen LogP contribution in [-0.2, 0) is 6.42 Å². The molecule has 1 heterocycles. The first-order valence-electron chi connectivity index (χ1n) is 4.31. The molecule has 0 aliphatic rings. The highest BCUT2D eigenvalue weighted by atomic mass is 16.3. The van der Waals surface area contributed by atoms with E-state index in [1.165, 1.54) is 0 Å². The first-order chi connectivity index (χ1) is 6.86. The van der Waals surface area contributed by atoms with Crippen LogP contribution in [0.4, 0.5) is 0 Å². The Kier molecular flexibility index (Phi) is 2.51. The van der Waals surface area contributed by atoms with Gasteiger partial charge in [-0.15, -0.1) is 10.2 Å². The molecular formula is C9H10N4O. The minimum Gasteiger partial charge on any atom is -0.385 e. The van der Waals surface area contributed by atoms with Gasteiger partial charge in [0.15, 0.2) is 0 Å². The Morgan fingerprint density at radius 2 is 2.07 bits per heavy atom. The van der Waals surface area contributed by atoms with Crippen LogP contribution in [0.1, 0.15) is 17.5 Å². The number of benzene rings is 1. The molecule has 0 radical (unpaired) electrons. The van der Waals surface area contributed by atoms with Crippen molar-refractivity contribution in [3.8, 4) is 0 Å². The highest BCUT2D eigenvalue weighted by molar-refractivity contribution is 5.16. The molecule has 5 heteroatoms. The van der Waals surface area contributed by atoms with Crippen molar-refractivity contribution in [2.75, 3.05) is 0 Å². The summed E-state index contributed by atoms with van der Waals surface area (Å²) in [7, 11) is 0. The van der Waals surface area contributed by atoms with Crippen molar-refractivity contribution in [2.24, 2.45) is 0 Å². The number of aromatic nitrogens is 4. The monoisotopic (exact) mass is 190 g/mol. The predicted molar refractivity (Wildman–Crippen MR) is 49.3 cm³/mol. The van der Waals surface area contributed by atoms with Gasteiger partial charge in [-0.1, -0.05) is 35.5 Å². The van der Waals surface area contributed by atoms with Crippen molar-refractivity contribution in [3.05, 3.63) is 41.7 Å². The molecule has 0 bridgehead atoms. The molecular weight excluding hydrogens is 180 g/mol. The number of rotatable bonds is 3. The average molecular weight is 190 g/mol. The lowest BCUT2D eigenvalue weighted by molar-refractivity contribution is 0.168. The maximum atomic E-state index is 9.68. The molecule has 1 atom stereocenters. The average Bonchev–Trinajstić information content (AvgIpc) is 2.72. The highest BCUT2D eigenvalue weighted by Gasteiger charge is 2.12. The fourth-order valence-electron chi connectivity index (χ4n) is 1.24. The normalized spacial score (nSPS) is 12.6. The molecule has 1 unspecified atom stereocenters. The summed E-state index contributed by atoms with van der Waals surface area (Å²) in [6, 6.07) is 9.69. The van der Waals surface area contributed by atoms with Crippen molar-refractivity contribution >= 4 is 0 Å². The smallest absolute Gasteiger partial charge is 0.203 e. The standard InChI is InChI=1S/C9H10N4O/c14-8(9-10-12-13-11-9)6-7-4-2-1-3-5-7/h1-5,8,14H,6H2,(H,10,11,12,13). The first kappa shape index (κ1) is 8.83. The Balaban J connectivity index is 2.06. The zero-order valence-electron chi connectivity index (χ0n) is 7.46. The number of aromatic amines is 1. The summed E-state index contributed by atoms with van der Waals surface area (Å²) in [6.07, 6.45) is -0.198. The van der Waals surface area contributed by atoms with Crippen molar-refractivity contribution in [1.29, 1.82) is 0 Å². The van der Waals surface area contributed by atoms with Gasteiger partial charge in [0.25, 0.3) is 0 Å². The van der Waals surface area contributed by atoms with E-state index in [-0.39, 0.29) is 0 Å². The van der Waals surface area contributed by atoms with Gasteiger partial charge in [-0.25, -0.2) is 0 Å². The SMILES string of the molecule is OC(Cc1ccccc1)c1nn[nH]n1. The van der Waals surface area contributed by atoms with E-state index >= 15 is 0 Å². The molecule has 2 aromatic rings. The second-order valence-electron chi connectivity index (χ2n) is 2.98. The predicted octanol–water partition coefficient (Wildman–Crippen LogP) is 0.476. The molecule has 0 spiro atoms. The summed E-state index contributed by atoms with van der Waals surface area (Å²) < 4.78 is 0. The molecule has 2 N–H and O–H groups in total. The Labute approximate surface area is 80.8 Å². The molecule has 0 aliphatic heterocycles. The lowest BCUT2D eigenvalue weighted by atomic mass is 10.1. The van der Waals surface area contributed by atoms with Gasteiger partial charge in [0.1, 0.15) is 6.10 Å². The van der Waals surface area contributed by atoms with Crippen molar-refractivity contribution in [3.63, 3.8) is 0 Å². The van der Waals surface area contributed by atoms with Gasteiger partial charge >= 0.3 is 0 Å². The summed E-state index contributed by atoms with van der Waals surface area (Å²) in [6.45, 7) is 0. The second kappa shape index (κ2) is 3.97. The van der Waals surface area contributed by atoms with Crippen LogP contribution < -0.4 is 0 Å². The number of tetrazole rings is 1. The van der Waals surface area contributed by atoms with E-state index in [1.54, 1.807) is 0 Å². The number of hydrogen-bond donors (Lipinski definition) is 2. The quantitative estimate of drug-likeness (QED) is 0.738. The lowest BCUT2D eigenvalue weighted by Gasteiger charge is -2.04. The van der Waals surface area contributed by atoms with Crippen LogP contribution in [0.25, 0.3) is 0 Å². The van der Waals surface area contributed by atoms with Gasteiger partial charge in [-0.2, -0.15) is 5.21 Å². The van der Waals surface area contributed by atoms with Gasteiger partial charge < -0.3 is 5.11 Å². The molecule has 1 aromatic heterocycles. The Morgan fingerprint density at radius 3 is 2.71 bits per heavy atom. The molecule has 0 amide bonds. The van der Waals surface area contributed by atoms with Crippen LogP contribution in [0.3, 0.4) is 0 Å². The summed E-state index contributed by atoms with van der Waals surface area (Å²) in [4.78, 5) is 0. The van der Waals surface area contributed by atoms with E-state index < -0.39 is 6.10 Å². The number of H-pyrrole nitrogens is 1. The summed E-state index contributed by atoms with van der Waals surface area (Å²) >= 11 is 0. The number of nitrogens with one attached hydrogen (secondary N) is 1. The number of hydrogen-bond acceptors (Lipinski definition) is 4. The van der Waals surface area contributed by atoms with Crippen molar-refractivity contribution < 1.29 is 5.11 Å². The molecule has 5 nitrogen and oxygen atoms in total. The molecule has 0 saturated heterocycles. The summed E-state index contributed by atoms with van der Waals surface area (Å²) in [5.41, 5.74) is 1.05. The van der Waals surface area contributed by atoms with E-state index in [0.29, 0.717) is 12.2 Å². The van der Waals surface area contributed by atoms with Gasteiger partial charge in [0, 0.05) is 6.42 Å². The molecule has 2 rings (SSSR count). The Bertz CT molecular complexity index is 373. The van der Waals surface area contributed by atoms with Crippen LogP contribution >= 0.6 is 0 Å². The van der Waals surface area contributed by atoms with Gasteiger partial charge in [0.2, 0.25) is 5.82 Å². The van der Waals surface area contributed by atoms with E-state index in [1.807, 2.05) is 30.3 Å². The topological polar surface area (TPSA) is 74.7 Å². The highest BCUT2D eigenvalue weighted by Crippen LogP contribution is 2.12. The maximum Gasteiger partial charge on any atom is 0.203 e. The van der Waals surface area contributed by atoms with Crippen LogP contribution in [0, 0.1) is 0 Å². The molecule has 72 valence electrons. The molecule has 0 aliphatic carbocycles. The van der Waals surface area contributed by atoms with E-state index in [2.05, 4.69) is 20.6 Å². The minimum absolute atomic E-state index is 0.328. The fourth-order valence-corrected chi connectivity index (χ4v) is 1.24. The van der Waals surface area contributed by atoms with Crippen molar-refractivity contribution in [1.82, 2.24) is 20.6 Å². The van der Waals surface area contributed by atoms with Gasteiger partial charge in [0.05, 0.1) is 0 Å². The Morgan fingerprint density at radius 1 is 1.29 bits per heavy atom. The Hall–Kier alpha value is -1.75. The number of aliphatic hydroxyl groups is 1. The molecule has 0 fully saturated rings. The van der Waals surface area contributed by atoms with Crippen LogP contribution in [0.5, 0.6) is 0 Å². The third kappa shape index (κ3) is 1.94. The van der Waals surface area contributed by atoms with Crippen molar-refractivity contribution in [2.45, 2.75) is 12.5 Å². The van der Waals surface area contributed by atoms with Gasteiger partial charge in [-0.05, 0) is 5.56 Å². The lowest BCUT2D eigenvalue weighted by Crippen LogP contribution is -2.03. The zero-order valence-corrected chi connectivity index (χ0v) is 7.46. The molecule has 1 aromatic carbocycles. The number of nitrogens with zero attached hydrogens (tertiary/aromatic N) is 3.